The minimum absolute atomic E-state index is 1.08. The molecule has 0 heteroatoms. The second-order valence-corrected chi connectivity index (χ2v) is 9.53. The van der Waals surface area contributed by atoms with Crippen molar-refractivity contribution in [1.29, 1.82) is 0 Å². The van der Waals surface area contributed by atoms with Crippen LogP contribution in [0.3, 0.4) is 0 Å². The van der Waals surface area contributed by atoms with Crippen LogP contribution in [-0.4, -0.2) is 0 Å². The van der Waals surface area contributed by atoms with Crippen LogP contribution >= 0.6 is 0 Å². The number of hydrogen-bond donors (Lipinski definition) is 0. The smallest absolute Gasteiger partial charge is 0.00992 e. The van der Waals surface area contributed by atoms with Gasteiger partial charge in [-0.2, -0.15) is 0 Å². The summed E-state index contributed by atoms with van der Waals surface area (Å²) in [5.74, 6) is 0. The van der Waals surface area contributed by atoms with Gasteiger partial charge in [0.05, 0.1) is 0 Å². The van der Waals surface area contributed by atoms with Gasteiger partial charge in [-0.3, -0.25) is 0 Å². The van der Waals surface area contributed by atoms with Crippen molar-refractivity contribution < 1.29 is 0 Å². The molecule has 0 bridgehead atoms. The third-order valence-corrected chi connectivity index (χ3v) is 7.21. The highest BCUT2D eigenvalue weighted by molar-refractivity contribution is 5.95. The average Bonchev–Trinajstić information content (AvgIpc) is 3.02. The highest BCUT2D eigenvalue weighted by Crippen LogP contribution is 2.36. The van der Waals surface area contributed by atoms with E-state index in [-0.39, 0.29) is 0 Å². The molecule has 5 aromatic rings. The minimum atomic E-state index is 1.08. The molecule has 0 aliphatic rings. The molecule has 0 atom stereocenters. The van der Waals surface area contributed by atoms with E-state index in [4.69, 9.17) is 0 Å². The third-order valence-electron chi connectivity index (χ3n) is 7.21. The Morgan fingerprint density at radius 3 is 1.73 bits per heavy atom. The van der Waals surface area contributed by atoms with Gasteiger partial charge in [-0.15, -0.1) is 0 Å². The maximum absolute atomic E-state index is 4.04. The van der Waals surface area contributed by atoms with E-state index in [0.29, 0.717) is 0 Å². The zero-order valence-electron chi connectivity index (χ0n) is 22.7. The van der Waals surface area contributed by atoms with Gasteiger partial charge in [0.15, 0.2) is 0 Å². The van der Waals surface area contributed by atoms with E-state index in [1.54, 1.807) is 0 Å². The topological polar surface area (TPSA) is 0 Å². The lowest BCUT2D eigenvalue weighted by Gasteiger charge is -2.17. The van der Waals surface area contributed by atoms with Crippen molar-refractivity contribution >= 4 is 34.1 Å². The van der Waals surface area contributed by atoms with Crippen LogP contribution in [0.25, 0.3) is 45.2 Å². The van der Waals surface area contributed by atoms with Crippen LogP contribution in [0.15, 0.2) is 160 Å². The van der Waals surface area contributed by atoms with Gasteiger partial charge >= 0.3 is 0 Å². The molecule has 5 rings (SSSR count). The van der Waals surface area contributed by atoms with E-state index in [0.717, 1.165) is 55.7 Å². The Kier molecular flexibility index (Phi) is 7.99. The van der Waals surface area contributed by atoms with Crippen molar-refractivity contribution in [2.24, 2.45) is 0 Å². The largest absolute Gasteiger partial charge is 0.0990 e. The Morgan fingerprint density at radius 1 is 0.500 bits per heavy atom. The molecule has 0 amide bonds. The molecule has 0 aliphatic carbocycles. The first-order chi connectivity index (χ1) is 19.7. The molecule has 0 radical (unpaired) electrons. The van der Waals surface area contributed by atoms with Gasteiger partial charge in [-0.05, 0) is 72.5 Å². The standard InChI is InChI=1S/C40H32/c1-5-14-36(31-23-25-32(26-24-31)38-21-13-18-29(7-3)35(38)8-4)39-19-11-12-20-40(39)37(15-6-2)34-27-22-30-16-9-10-17-33(30)28-34/h5-28H,1-4H2/b36-14+,37-15+. The highest BCUT2D eigenvalue weighted by atomic mass is 14.2. The molecule has 0 saturated carbocycles. The first kappa shape index (κ1) is 26.4. The third kappa shape index (κ3) is 5.21. The van der Waals surface area contributed by atoms with Crippen LogP contribution in [0.2, 0.25) is 0 Å². The summed E-state index contributed by atoms with van der Waals surface area (Å²) in [4.78, 5) is 0. The zero-order chi connectivity index (χ0) is 27.9. The Labute approximate surface area is 238 Å². The molecule has 5 aromatic carbocycles. The summed E-state index contributed by atoms with van der Waals surface area (Å²) in [6.07, 6.45) is 11.7. The van der Waals surface area contributed by atoms with Gasteiger partial charge in [0, 0.05) is 0 Å². The van der Waals surface area contributed by atoms with E-state index >= 15 is 0 Å². The highest BCUT2D eigenvalue weighted by Gasteiger charge is 2.15. The number of fused-ring (bicyclic) bond motifs is 1. The maximum Gasteiger partial charge on any atom is -0.00992 e. The lowest BCUT2D eigenvalue weighted by molar-refractivity contribution is 1.48. The van der Waals surface area contributed by atoms with Crippen molar-refractivity contribution in [3.63, 3.8) is 0 Å². The van der Waals surface area contributed by atoms with Gasteiger partial charge in [0.2, 0.25) is 0 Å². The normalized spacial score (nSPS) is 11.7. The summed E-state index contributed by atoms with van der Waals surface area (Å²) >= 11 is 0. The predicted molar refractivity (Wildman–Crippen MR) is 177 cm³/mol. The molecule has 0 fully saturated rings. The summed E-state index contributed by atoms with van der Waals surface area (Å²) in [5, 5.41) is 2.44. The number of hydrogen-bond acceptors (Lipinski definition) is 0. The SMILES string of the molecule is C=C/C=C(\c1ccc(-c2cccc(C=C)c2C=C)cc1)c1ccccc1/C(=C/C=C)c1ccc2ccccc2c1. The van der Waals surface area contributed by atoms with E-state index in [2.05, 4.69) is 148 Å². The Morgan fingerprint density at radius 2 is 1.10 bits per heavy atom. The molecule has 0 aromatic heterocycles. The van der Waals surface area contributed by atoms with Crippen LogP contribution in [0, 0.1) is 0 Å². The van der Waals surface area contributed by atoms with Gasteiger partial charge in [-0.1, -0.05) is 166 Å². The van der Waals surface area contributed by atoms with Gasteiger partial charge < -0.3 is 0 Å². The molecule has 0 heterocycles. The average molecular weight is 513 g/mol. The molecule has 0 saturated heterocycles. The first-order valence-electron chi connectivity index (χ1n) is 13.4. The lowest BCUT2D eigenvalue weighted by atomic mass is 9.86. The molecule has 0 aliphatic heterocycles. The van der Waals surface area contributed by atoms with Crippen LogP contribution in [0.1, 0.15) is 33.4 Å². The fourth-order valence-electron chi connectivity index (χ4n) is 5.30. The number of benzene rings is 5. The monoisotopic (exact) mass is 512 g/mol. The van der Waals surface area contributed by atoms with Crippen molar-refractivity contribution in [1.82, 2.24) is 0 Å². The molecule has 192 valence electrons. The molecular weight excluding hydrogens is 480 g/mol. The molecular formula is C40H32. The molecule has 0 spiro atoms. The minimum Gasteiger partial charge on any atom is -0.0990 e. The summed E-state index contributed by atoms with van der Waals surface area (Å²) < 4.78 is 0. The second-order valence-electron chi connectivity index (χ2n) is 9.53. The summed E-state index contributed by atoms with van der Waals surface area (Å²) in [5.41, 5.74) is 11.2. The van der Waals surface area contributed by atoms with Gasteiger partial charge in [0.1, 0.15) is 0 Å². The Hall–Kier alpha value is -5.20. The quantitative estimate of drug-likeness (QED) is 0.172. The molecule has 40 heavy (non-hydrogen) atoms. The second kappa shape index (κ2) is 12.1. The maximum atomic E-state index is 4.04. The predicted octanol–water partition coefficient (Wildman–Crippen LogP) is 11.0. The summed E-state index contributed by atoms with van der Waals surface area (Å²) in [6, 6.07) is 38.6. The molecule has 0 N–H and O–H groups in total. The fourth-order valence-corrected chi connectivity index (χ4v) is 5.30. The Balaban J connectivity index is 1.60. The van der Waals surface area contributed by atoms with E-state index in [1.165, 1.54) is 10.8 Å². The first-order valence-corrected chi connectivity index (χ1v) is 13.4. The van der Waals surface area contributed by atoms with Crippen LogP contribution in [0.5, 0.6) is 0 Å². The van der Waals surface area contributed by atoms with Crippen molar-refractivity contribution in [2.75, 3.05) is 0 Å². The van der Waals surface area contributed by atoms with Crippen molar-refractivity contribution in [2.45, 2.75) is 0 Å². The summed E-state index contributed by atoms with van der Waals surface area (Å²) in [7, 11) is 0. The van der Waals surface area contributed by atoms with Crippen molar-refractivity contribution in [3.05, 3.63) is 193 Å². The van der Waals surface area contributed by atoms with Crippen LogP contribution < -0.4 is 0 Å². The van der Waals surface area contributed by atoms with E-state index < -0.39 is 0 Å². The Bertz CT molecular complexity index is 1790. The lowest BCUT2D eigenvalue weighted by Crippen LogP contribution is -1.97. The number of rotatable bonds is 9. The van der Waals surface area contributed by atoms with E-state index in [9.17, 15) is 0 Å². The summed E-state index contributed by atoms with van der Waals surface area (Å²) in [6.45, 7) is 16.1. The molecule has 0 nitrogen and oxygen atoms in total. The van der Waals surface area contributed by atoms with Crippen molar-refractivity contribution in [3.8, 4) is 11.1 Å². The van der Waals surface area contributed by atoms with Gasteiger partial charge in [-0.25, -0.2) is 0 Å². The molecule has 0 unspecified atom stereocenters. The van der Waals surface area contributed by atoms with Gasteiger partial charge in [0.25, 0.3) is 0 Å². The van der Waals surface area contributed by atoms with Crippen LogP contribution in [0.4, 0.5) is 0 Å². The zero-order valence-corrected chi connectivity index (χ0v) is 22.7. The fraction of sp³-hybridized carbons (Fsp3) is 0. The number of allylic oxidation sites excluding steroid dienone is 4. The van der Waals surface area contributed by atoms with E-state index in [1.807, 2.05) is 24.3 Å². The van der Waals surface area contributed by atoms with Crippen LogP contribution in [-0.2, 0) is 0 Å².